The lowest BCUT2D eigenvalue weighted by molar-refractivity contribution is -0.129. The maximum absolute atomic E-state index is 11.8. The average Bonchev–Trinajstić information content (AvgIpc) is 3.00. The Hall–Kier alpha value is -1.49. The van der Waals surface area contributed by atoms with Gasteiger partial charge in [-0.25, -0.2) is 4.79 Å². The molecule has 104 valence electrons. The van der Waals surface area contributed by atoms with Crippen molar-refractivity contribution < 1.29 is 14.3 Å². The van der Waals surface area contributed by atoms with Crippen molar-refractivity contribution in [3.05, 3.63) is 23.0 Å². The molecule has 1 aliphatic carbocycles. The van der Waals surface area contributed by atoms with Gasteiger partial charge in [0.2, 0.25) is 0 Å². The molecule has 1 amide bonds. The van der Waals surface area contributed by atoms with Gasteiger partial charge in [0.25, 0.3) is 5.91 Å². The molecule has 2 rings (SSSR count). The number of hydrogen-bond donors (Lipinski definition) is 2. The van der Waals surface area contributed by atoms with Gasteiger partial charge in [0.05, 0.1) is 5.02 Å². The highest BCUT2D eigenvalue weighted by molar-refractivity contribution is 6.30. The monoisotopic (exact) mass is 284 g/mol. The van der Waals surface area contributed by atoms with E-state index < -0.39 is 12.1 Å². The summed E-state index contributed by atoms with van der Waals surface area (Å²) >= 11 is 5.70. The molecule has 2 N–H and O–H groups in total. The van der Waals surface area contributed by atoms with Crippen LogP contribution >= 0.6 is 11.6 Å². The maximum atomic E-state index is 11.8. The molecule has 0 aromatic carbocycles. The molecule has 0 bridgehead atoms. The molecule has 6 heteroatoms. The van der Waals surface area contributed by atoms with E-state index in [4.69, 9.17) is 16.3 Å². The largest absolute Gasteiger partial charge is 0.448 e. The third-order valence-corrected chi connectivity index (χ3v) is 3.44. The van der Waals surface area contributed by atoms with E-state index in [-0.39, 0.29) is 17.6 Å². The van der Waals surface area contributed by atoms with Crippen LogP contribution < -0.4 is 5.32 Å². The lowest BCUT2D eigenvalue weighted by Crippen LogP contribution is -2.40. The summed E-state index contributed by atoms with van der Waals surface area (Å²) in [6, 6.07) is 1.68. The summed E-state index contributed by atoms with van der Waals surface area (Å²) in [6.07, 6.45) is 4.95. The summed E-state index contributed by atoms with van der Waals surface area (Å²) in [5.41, 5.74) is 0.241. The topological polar surface area (TPSA) is 71.2 Å². The van der Waals surface area contributed by atoms with Gasteiger partial charge in [0.1, 0.15) is 5.69 Å². The molecule has 1 saturated carbocycles. The van der Waals surface area contributed by atoms with Gasteiger partial charge in [0.15, 0.2) is 6.10 Å². The zero-order valence-electron chi connectivity index (χ0n) is 10.7. The summed E-state index contributed by atoms with van der Waals surface area (Å²) in [6.45, 7) is 1.56. The SMILES string of the molecule is C[C@@H](OC(=O)c1cc(Cl)c[nH]1)C(=O)NC1CCCC1. The van der Waals surface area contributed by atoms with Gasteiger partial charge < -0.3 is 15.0 Å². The van der Waals surface area contributed by atoms with E-state index in [0.717, 1.165) is 25.7 Å². The number of hydrogen-bond acceptors (Lipinski definition) is 3. The summed E-state index contributed by atoms with van der Waals surface area (Å²) in [7, 11) is 0. The molecule has 0 aliphatic heterocycles. The van der Waals surface area contributed by atoms with Crippen molar-refractivity contribution in [3.8, 4) is 0 Å². The Bertz CT molecular complexity index is 466. The van der Waals surface area contributed by atoms with Crippen molar-refractivity contribution in [1.29, 1.82) is 0 Å². The van der Waals surface area contributed by atoms with Gasteiger partial charge >= 0.3 is 5.97 Å². The van der Waals surface area contributed by atoms with Crippen molar-refractivity contribution in [2.24, 2.45) is 0 Å². The number of carbonyl (C=O) groups is 2. The first kappa shape index (κ1) is 13.9. The smallest absolute Gasteiger partial charge is 0.355 e. The molecular formula is C13H17ClN2O3. The zero-order valence-corrected chi connectivity index (χ0v) is 11.5. The minimum atomic E-state index is -0.810. The minimum absolute atomic E-state index is 0.216. The molecule has 1 atom stereocenters. The van der Waals surface area contributed by atoms with E-state index in [1.54, 1.807) is 6.92 Å². The molecule has 0 unspecified atom stereocenters. The predicted molar refractivity (Wildman–Crippen MR) is 71.1 cm³/mol. The molecule has 5 nitrogen and oxygen atoms in total. The number of rotatable bonds is 4. The van der Waals surface area contributed by atoms with Crippen molar-refractivity contribution in [1.82, 2.24) is 10.3 Å². The third kappa shape index (κ3) is 3.73. The van der Waals surface area contributed by atoms with Gasteiger partial charge in [-0.2, -0.15) is 0 Å². The van der Waals surface area contributed by atoms with Crippen LogP contribution in [0.15, 0.2) is 12.3 Å². The van der Waals surface area contributed by atoms with E-state index in [2.05, 4.69) is 10.3 Å². The second-order valence-corrected chi connectivity index (χ2v) is 5.21. The standard InChI is InChI=1S/C13H17ClN2O3/c1-8(12(17)16-10-4-2-3-5-10)19-13(18)11-6-9(14)7-15-11/h6-8,10,15H,2-5H2,1H3,(H,16,17)/t8-/m1/s1. The van der Waals surface area contributed by atoms with E-state index in [9.17, 15) is 9.59 Å². The Kier molecular flexibility index (Phi) is 4.47. The number of nitrogens with one attached hydrogen (secondary N) is 2. The lowest BCUT2D eigenvalue weighted by Gasteiger charge is -2.16. The summed E-state index contributed by atoms with van der Waals surface area (Å²) in [5, 5.41) is 3.31. The normalized spacial score (nSPS) is 17.2. The van der Waals surface area contributed by atoms with Crippen molar-refractivity contribution in [2.75, 3.05) is 0 Å². The quantitative estimate of drug-likeness (QED) is 0.833. The fourth-order valence-electron chi connectivity index (χ4n) is 2.15. The number of ether oxygens (including phenoxy) is 1. The number of halogens is 1. The number of carbonyl (C=O) groups excluding carboxylic acids is 2. The second kappa shape index (κ2) is 6.10. The highest BCUT2D eigenvalue weighted by atomic mass is 35.5. The first-order valence-electron chi connectivity index (χ1n) is 6.41. The first-order chi connectivity index (χ1) is 9.06. The average molecular weight is 285 g/mol. The second-order valence-electron chi connectivity index (χ2n) is 4.77. The fourth-order valence-corrected chi connectivity index (χ4v) is 2.32. The molecule has 1 aliphatic rings. The Morgan fingerprint density at radius 1 is 1.47 bits per heavy atom. The number of H-pyrrole nitrogens is 1. The van der Waals surface area contributed by atoms with Crippen LogP contribution in [0.3, 0.4) is 0 Å². The molecule has 1 aromatic heterocycles. The van der Waals surface area contributed by atoms with E-state index in [0.29, 0.717) is 5.02 Å². The van der Waals surface area contributed by atoms with Gasteiger partial charge in [-0.3, -0.25) is 4.79 Å². The van der Waals surface area contributed by atoms with Crippen LogP contribution in [0, 0.1) is 0 Å². The Morgan fingerprint density at radius 2 is 2.16 bits per heavy atom. The van der Waals surface area contributed by atoms with Gasteiger partial charge in [-0.15, -0.1) is 0 Å². The molecule has 19 heavy (non-hydrogen) atoms. The molecule has 0 radical (unpaired) electrons. The fraction of sp³-hybridized carbons (Fsp3) is 0.538. The molecule has 0 spiro atoms. The Balaban J connectivity index is 1.84. The summed E-state index contributed by atoms with van der Waals surface area (Å²) in [5.74, 6) is -0.834. The van der Waals surface area contributed by atoms with Crippen LogP contribution in [0.1, 0.15) is 43.1 Å². The first-order valence-corrected chi connectivity index (χ1v) is 6.79. The van der Waals surface area contributed by atoms with Crippen LogP contribution in [0.2, 0.25) is 5.02 Å². The van der Waals surface area contributed by atoms with Crippen LogP contribution in [0.5, 0.6) is 0 Å². The van der Waals surface area contributed by atoms with Crippen LogP contribution in [0.4, 0.5) is 0 Å². The molecule has 1 heterocycles. The van der Waals surface area contributed by atoms with Gasteiger partial charge in [-0.05, 0) is 25.8 Å². The van der Waals surface area contributed by atoms with Crippen molar-refractivity contribution in [3.63, 3.8) is 0 Å². The van der Waals surface area contributed by atoms with Gasteiger partial charge in [-0.1, -0.05) is 24.4 Å². The van der Waals surface area contributed by atoms with E-state index >= 15 is 0 Å². The molecule has 0 saturated heterocycles. The number of amides is 1. The molecular weight excluding hydrogens is 268 g/mol. The van der Waals surface area contributed by atoms with E-state index in [1.807, 2.05) is 0 Å². The minimum Gasteiger partial charge on any atom is -0.448 e. The highest BCUT2D eigenvalue weighted by Crippen LogP contribution is 2.18. The molecule has 1 aromatic rings. The van der Waals surface area contributed by atoms with Crippen LogP contribution in [-0.2, 0) is 9.53 Å². The highest BCUT2D eigenvalue weighted by Gasteiger charge is 2.23. The van der Waals surface area contributed by atoms with Crippen molar-refractivity contribution >= 4 is 23.5 Å². The Labute approximate surface area is 116 Å². The summed E-state index contributed by atoms with van der Waals surface area (Å²) in [4.78, 5) is 26.2. The lowest BCUT2D eigenvalue weighted by atomic mass is 10.2. The zero-order chi connectivity index (χ0) is 13.8. The third-order valence-electron chi connectivity index (χ3n) is 3.22. The van der Waals surface area contributed by atoms with E-state index in [1.165, 1.54) is 12.3 Å². The van der Waals surface area contributed by atoms with Crippen molar-refractivity contribution in [2.45, 2.75) is 44.8 Å². The van der Waals surface area contributed by atoms with Crippen LogP contribution in [-0.4, -0.2) is 29.0 Å². The predicted octanol–water partition coefficient (Wildman–Crippen LogP) is 2.27. The van der Waals surface area contributed by atoms with Crippen LogP contribution in [0.25, 0.3) is 0 Å². The number of aromatic amines is 1. The molecule has 1 fully saturated rings. The summed E-state index contributed by atoms with van der Waals surface area (Å²) < 4.78 is 5.08. The van der Waals surface area contributed by atoms with Gasteiger partial charge in [0, 0.05) is 12.2 Å². The maximum Gasteiger partial charge on any atom is 0.355 e. The number of aromatic nitrogens is 1. The number of esters is 1. The Morgan fingerprint density at radius 3 is 2.74 bits per heavy atom.